The molecule has 116 valence electrons. The summed E-state index contributed by atoms with van der Waals surface area (Å²) in [6, 6.07) is 21.3. The monoisotopic (exact) mass is 374 g/mol. The van der Waals surface area contributed by atoms with Crippen LogP contribution in [0.1, 0.15) is 29.7 Å². The predicted molar refractivity (Wildman–Crippen MR) is 104 cm³/mol. The lowest BCUT2D eigenvalue weighted by Gasteiger charge is -2.10. The lowest BCUT2D eigenvalue weighted by molar-refractivity contribution is 0.544. The summed E-state index contributed by atoms with van der Waals surface area (Å²) in [6.45, 7) is 2.22. The van der Waals surface area contributed by atoms with Gasteiger partial charge in [-0.1, -0.05) is 59.3 Å². The van der Waals surface area contributed by atoms with E-state index in [0.29, 0.717) is 0 Å². The van der Waals surface area contributed by atoms with Crippen LogP contribution in [0, 0.1) is 0 Å². The zero-order chi connectivity index (χ0) is 16.3. The minimum atomic E-state index is 0.268. The third-order valence-corrected chi connectivity index (χ3v) is 5.43. The van der Waals surface area contributed by atoms with Gasteiger partial charge in [0.15, 0.2) is 0 Å². The molecule has 2 heteroatoms. The van der Waals surface area contributed by atoms with Crippen LogP contribution in [0.3, 0.4) is 0 Å². The minimum absolute atomic E-state index is 0.268. The standard InChI is InChI=1S/C22H15BrO/c1-13-18(16-7-4-8-17(23)9-16)12-20-19-10-14-5-2-3-6-15(14)11-21(19)24-22(13)20/h2-13H,1H3/t13-/m1/s1. The van der Waals surface area contributed by atoms with E-state index in [1.165, 1.54) is 32.9 Å². The molecule has 0 bridgehead atoms. The fourth-order valence-corrected chi connectivity index (χ4v) is 4.11. The van der Waals surface area contributed by atoms with Crippen molar-refractivity contribution in [1.82, 2.24) is 0 Å². The lowest BCUT2D eigenvalue weighted by Crippen LogP contribution is -1.91. The van der Waals surface area contributed by atoms with E-state index < -0.39 is 0 Å². The number of hydrogen-bond donors (Lipinski definition) is 0. The molecule has 0 unspecified atom stereocenters. The summed E-state index contributed by atoms with van der Waals surface area (Å²) in [5.74, 6) is 1.35. The zero-order valence-electron chi connectivity index (χ0n) is 13.2. The molecule has 1 aromatic heterocycles. The SMILES string of the molecule is C[C@@H]1C(c2cccc(Br)c2)=Cc2c1oc1cc3ccccc3cc21. The van der Waals surface area contributed by atoms with Gasteiger partial charge in [0, 0.05) is 21.3 Å². The largest absolute Gasteiger partial charge is 0.460 e. The molecule has 24 heavy (non-hydrogen) atoms. The van der Waals surface area contributed by atoms with Crippen LogP contribution in [0.15, 0.2) is 69.6 Å². The van der Waals surface area contributed by atoms with Gasteiger partial charge in [-0.2, -0.15) is 0 Å². The second-order valence-electron chi connectivity index (χ2n) is 6.41. The Morgan fingerprint density at radius 1 is 0.917 bits per heavy atom. The Balaban J connectivity index is 1.74. The first-order chi connectivity index (χ1) is 11.7. The molecule has 5 rings (SSSR count). The smallest absolute Gasteiger partial charge is 0.135 e. The molecule has 0 amide bonds. The quantitative estimate of drug-likeness (QED) is 0.349. The first kappa shape index (κ1) is 14.1. The minimum Gasteiger partial charge on any atom is -0.460 e. The first-order valence-corrected chi connectivity index (χ1v) is 8.93. The van der Waals surface area contributed by atoms with E-state index >= 15 is 0 Å². The van der Waals surface area contributed by atoms with Crippen molar-refractivity contribution in [1.29, 1.82) is 0 Å². The molecule has 0 aliphatic heterocycles. The van der Waals surface area contributed by atoms with Crippen LogP contribution >= 0.6 is 15.9 Å². The molecular formula is C22H15BrO. The highest BCUT2D eigenvalue weighted by molar-refractivity contribution is 9.10. The van der Waals surface area contributed by atoms with E-state index in [1.807, 2.05) is 0 Å². The summed E-state index contributed by atoms with van der Waals surface area (Å²) in [5, 5.41) is 3.69. The summed E-state index contributed by atoms with van der Waals surface area (Å²) in [6.07, 6.45) is 2.29. The number of allylic oxidation sites excluding steroid dienone is 1. The molecule has 4 aromatic rings. The van der Waals surface area contributed by atoms with Gasteiger partial charge >= 0.3 is 0 Å². The fraction of sp³-hybridized carbons (Fsp3) is 0.0909. The molecule has 0 spiro atoms. The summed E-state index contributed by atoms with van der Waals surface area (Å²) in [5.41, 5.74) is 4.78. The van der Waals surface area contributed by atoms with Gasteiger partial charge in [-0.25, -0.2) is 0 Å². The second-order valence-corrected chi connectivity index (χ2v) is 7.32. The van der Waals surface area contributed by atoms with E-state index in [1.54, 1.807) is 0 Å². The van der Waals surface area contributed by atoms with Gasteiger partial charge in [0.05, 0.1) is 0 Å². The van der Waals surface area contributed by atoms with E-state index in [4.69, 9.17) is 4.42 Å². The van der Waals surface area contributed by atoms with Gasteiger partial charge in [0.25, 0.3) is 0 Å². The first-order valence-electron chi connectivity index (χ1n) is 8.13. The summed E-state index contributed by atoms with van der Waals surface area (Å²) >= 11 is 3.57. The van der Waals surface area contributed by atoms with Crippen molar-refractivity contribution in [3.63, 3.8) is 0 Å². The van der Waals surface area contributed by atoms with Crippen molar-refractivity contribution in [3.8, 4) is 0 Å². The van der Waals surface area contributed by atoms with Crippen LogP contribution in [0.2, 0.25) is 0 Å². The van der Waals surface area contributed by atoms with Gasteiger partial charge < -0.3 is 4.42 Å². The molecule has 1 aliphatic rings. The Morgan fingerprint density at radius 3 is 2.50 bits per heavy atom. The van der Waals surface area contributed by atoms with Gasteiger partial charge in [0.1, 0.15) is 11.3 Å². The fourth-order valence-electron chi connectivity index (χ4n) is 3.71. The van der Waals surface area contributed by atoms with E-state index in [9.17, 15) is 0 Å². The lowest BCUT2D eigenvalue weighted by atomic mass is 9.97. The molecule has 0 N–H and O–H groups in total. The van der Waals surface area contributed by atoms with Crippen LogP contribution in [0.25, 0.3) is 33.4 Å². The molecule has 3 aromatic carbocycles. The molecule has 1 heterocycles. The predicted octanol–water partition coefficient (Wildman–Crippen LogP) is 7.01. The van der Waals surface area contributed by atoms with Crippen molar-refractivity contribution in [3.05, 3.63) is 82.0 Å². The Morgan fingerprint density at radius 2 is 1.71 bits per heavy atom. The normalized spacial score (nSPS) is 16.6. The zero-order valence-corrected chi connectivity index (χ0v) is 14.8. The Labute approximate surface area is 148 Å². The van der Waals surface area contributed by atoms with Crippen molar-refractivity contribution in [2.75, 3.05) is 0 Å². The molecule has 1 aliphatic carbocycles. The number of hydrogen-bond acceptors (Lipinski definition) is 1. The summed E-state index contributed by atoms with van der Waals surface area (Å²) in [4.78, 5) is 0. The van der Waals surface area contributed by atoms with Crippen molar-refractivity contribution in [2.45, 2.75) is 12.8 Å². The van der Waals surface area contributed by atoms with Crippen LogP contribution in [0.4, 0.5) is 0 Å². The van der Waals surface area contributed by atoms with Gasteiger partial charge in [0.2, 0.25) is 0 Å². The summed E-state index contributed by atoms with van der Waals surface area (Å²) < 4.78 is 7.35. The molecule has 1 atom stereocenters. The van der Waals surface area contributed by atoms with Crippen molar-refractivity contribution < 1.29 is 4.42 Å². The van der Waals surface area contributed by atoms with Crippen LogP contribution < -0.4 is 0 Å². The molecule has 0 saturated carbocycles. The third kappa shape index (κ3) is 1.99. The molecule has 1 nitrogen and oxygen atoms in total. The van der Waals surface area contributed by atoms with Gasteiger partial charge in [-0.15, -0.1) is 0 Å². The van der Waals surface area contributed by atoms with Gasteiger partial charge in [-0.3, -0.25) is 0 Å². The maximum Gasteiger partial charge on any atom is 0.135 e. The highest BCUT2D eigenvalue weighted by Gasteiger charge is 2.28. The number of halogens is 1. The molecule has 0 saturated heterocycles. The van der Waals surface area contributed by atoms with Crippen molar-refractivity contribution in [2.24, 2.45) is 0 Å². The average Bonchev–Trinajstić information content (AvgIpc) is 3.10. The number of furan rings is 1. The molecular weight excluding hydrogens is 360 g/mol. The summed E-state index contributed by atoms with van der Waals surface area (Å²) in [7, 11) is 0. The molecule has 0 fully saturated rings. The van der Waals surface area contributed by atoms with E-state index in [-0.39, 0.29) is 5.92 Å². The number of benzene rings is 3. The van der Waals surface area contributed by atoms with Crippen LogP contribution in [-0.4, -0.2) is 0 Å². The Kier molecular flexibility index (Phi) is 2.98. The second kappa shape index (κ2) is 5.09. The van der Waals surface area contributed by atoms with Gasteiger partial charge in [-0.05, 0) is 52.3 Å². The topological polar surface area (TPSA) is 13.1 Å². The highest BCUT2D eigenvalue weighted by Crippen LogP contribution is 2.46. The Hall–Kier alpha value is -2.32. The average molecular weight is 375 g/mol. The molecule has 0 radical (unpaired) electrons. The maximum atomic E-state index is 6.25. The highest BCUT2D eigenvalue weighted by atomic mass is 79.9. The Bertz CT molecular complexity index is 1130. The van der Waals surface area contributed by atoms with Crippen LogP contribution in [0.5, 0.6) is 0 Å². The number of fused-ring (bicyclic) bond motifs is 4. The maximum absolute atomic E-state index is 6.25. The van der Waals surface area contributed by atoms with Crippen LogP contribution in [-0.2, 0) is 0 Å². The number of rotatable bonds is 1. The van der Waals surface area contributed by atoms with Crippen molar-refractivity contribution >= 4 is 49.3 Å². The third-order valence-electron chi connectivity index (χ3n) is 4.94. The van der Waals surface area contributed by atoms with E-state index in [2.05, 4.69) is 89.6 Å². The van der Waals surface area contributed by atoms with E-state index in [0.717, 1.165) is 15.8 Å².